The van der Waals surface area contributed by atoms with Crippen molar-refractivity contribution in [2.45, 2.75) is 25.8 Å². The second-order valence-corrected chi connectivity index (χ2v) is 8.26. The van der Waals surface area contributed by atoms with Gasteiger partial charge in [-0.05, 0) is 42.5 Å². The molecule has 2 heterocycles. The minimum Gasteiger partial charge on any atom is -0.493 e. The SMILES string of the molecule is COc1cc(C(=O)N2CCC(C(=O)N3CCc4ccccc4C3)CC2)cc(OC)c1OC. The Morgan fingerprint density at radius 1 is 0.844 bits per heavy atom. The van der Waals surface area contributed by atoms with Crippen molar-refractivity contribution >= 4 is 11.8 Å². The summed E-state index contributed by atoms with van der Waals surface area (Å²) in [5.41, 5.74) is 3.06. The Labute approximate surface area is 188 Å². The summed E-state index contributed by atoms with van der Waals surface area (Å²) in [7, 11) is 4.59. The summed E-state index contributed by atoms with van der Waals surface area (Å²) in [6.45, 7) is 2.55. The fourth-order valence-corrected chi connectivity index (χ4v) is 4.66. The van der Waals surface area contributed by atoms with Crippen molar-refractivity contribution in [1.82, 2.24) is 9.80 Å². The molecular weight excluding hydrogens is 408 g/mol. The van der Waals surface area contributed by atoms with Gasteiger partial charge < -0.3 is 24.0 Å². The lowest BCUT2D eigenvalue weighted by atomic mass is 9.92. The number of amides is 2. The van der Waals surface area contributed by atoms with Crippen molar-refractivity contribution in [2.24, 2.45) is 5.92 Å². The Morgan fingerprint density at radius 2 is 1.47 bits per heavy atom. The van der Waals surface area contributed by atoms with E-state index in [1.165, 1.54) is 32.5 Å². The van der Waals surface area contributed by atoms with E-state index in [1.54, 1.807) is 17.0 Å². The van der Waals surface area contributed by atoms with Crippen molar-refractivity contribution in [3.63, 3.8) is 0 Å². The van der Waals surface area contributed by atoms with Gasteiger partial charge in [0.1, 0.15) is 0 Å². The summed E-state index contributed by atoms with van der Waals surface area (Å²) >= 11 is 0. The first-order valence-electron chi connectivity index (χ1n) is 11.0. The van der Waals surface area contributed by atoms with Gasteiger partial charge in [0.25, 0.3) is 5.91 Å². The van der Waals surface area contributed by atoms with Crippen LogP contribution in [0.2, 0.25) is 0 Å². The van der Waals surface area contributed by atoms with E-state index in [0.717, 1.165) is 13.0 Å². The Morgan fingerprint density at radius 3 is 2.06 bits per heavy atom. The van der Waals surface area contributed by atoms with Gasteiger partial charge in [-0.15, -0.1) is 0 Å². The van der Waals surface area contributed by atoms with Gasteiger partial charge in [0.05, 0.1) is 21.3 Å². The number of carbonyl (C=O) groups excluding carboxylic acids is 2. The van der Waals surface area contributed by atoms with Crippen LogP contribution in [0.3, 0.4) is 0 Å². The van der Waals surface area contributed by atoms with E-state index < -0.39 is 0 Å². The molecule has 32 heavy (non-hydrogen) atoms. The molecule has 2 amide bonds. The number of nitrogens with zero attached hydrogens (tertiary/aromatic N) is 2. The third-order valence-electron chi connectivity index (χ3n) is 6.49. The highest BCUT2D eigenvalue weighted by Crippen LogP contribution is 2.38. The standard InChI is InChI=1S/C25H30N2O5/c1-30-21-14-20(15-22(31-2)23(21)32-3)25(29)26-11-9-18(10-12-26)24(28)27-13-8-17-6-4-5-7-19(17)16-27/h4-7,14-15,18H,8-13,16H2,1-3H3. The first-order valence-corrected chi connectivity index (χ1v) is 11.0. The molecule has 0 radical (unpaired) electrons. The number of ether oxygens (including phenoxy) is 3. The van der Waals surface area contributed by atoms with Gasteiger partial charge in [0.15, 0.2) is 11.5 Å². The summed E-state index contributed by atoms with van der Waals surface area (Å²) in [6.07, 6.45) is 2.25. The molecule has 0 unspecified atom stereocenters. The molecule has 0 bridgehead atoms. The Hall–Kier alpha value is -3.22. The third-order valence-corrected chi connectivity index (χ3v) is 6.49. The largest absolute Gasteiger partial charge is 0.493 e. The zero-order chi connectivity index (χ0) is 22.7. The van der Waals surface area contributed by atoms with E-state index >= 15 is 0 Å². The first kappa shape index (κ1) is 22.0. The lowest BCUT2D eigenvalue weighted by molar-refractivity contribution is -0.137. The van der Waals surface area contributed by atoms with Crippen molar-refractivity contribution in [3.8, 4) is 17.2 Å². The molecule has 1 fully saturated rings. The van der Waals surface area contributed by atoms with Crippen LogP contribution in [0.5, 0.6) is 17.2 Å². The minimum atomic E-state index is -0.0953. The van der Waals surface area contributed by atoms with E-state index in [-0.39, 0.29) is 17.7 Å². The monoisotopic (exact) mass is 438 g/mol. The zero-order valence-electron chi connectivity index (χ0n) is 18.9. The van der Waals surface area contributed by atoms with Crippen LogP contribution in [-0.4, -0.2) is 62.6 Å². The van der Waals surface area contributed by atoms with Gasteiger partial charge >= 0.3 is 0 Å². The number of benzene rings is 2. The molecule has 2 aliphatic rings. The molecule has 7 nitrogen and oxygen atoms in total. The van der Waals surface area contributed by atoms with Crippen molar-refractivity contribution in [1.29, 1.82) is 0 Å². The van der Waals surface area contributed by atoms with Crippen molar-refractivity contribution in [3.05, 3.63) is 53.1 Å². The number of piperidine rings is 1. The van der Waals surface area contributed by atoms with Gasteiger partial charge in [-0.1, -0.05) is 24.3 Å². The molecular formula is C25H30N2O5. The van der Waals surface area contributed by atoms with Gasteiger partial charge in [-0.3, -0.25) is 9.59 Å². The topological polar surface area (TPSA) is 68.3 Å². The van der Waals surface area contributed by atoms with Crippen LogP contribution in [0.25, 0.3) is 0 Å². The summed E-state index contributed by atoms with van der Waals surface area (Å²) < 4.78 is 16.1. The van der Waals surface area contributed by atoms with Crippen LogP contribution in [0.1, 0.15) is 34.3 Å². The van der Waals surface area contributed by atoms with Gasteiger partial charge in [0, 0.05) is 37.7 Å². The van der Waals surface area contributed by atoms with Gasteiger partial charge in [-0.2, -0.15) is 0 Å². The molecule has 0 N–H and O–H groups in total. The van der Waals surface area contributed by atoms with E-state index in [0.29, 0.717) is 55.3 Å². The molecule has 2 aromatic rings. The first-order chi connectivity index (χ1) is 15.5. The molecule has 0 aliphatic carbocycles. The summed E-state index contributed by atoms with van der Waals surface area (Å²) in [6, 6.07) is 11.7. The lowest BCUT2D eigenvalue weighted by Gasteiger charge is -2.36. The van der Waals surface area contributed by atoms with Crippen molar-refractivity contribution in [2.75, 3.05) is 41.0 Å². The molecule has 0 atom stereocenters. The van der Waals surface area contributed by atoms with Crippen LogP contribution in [-0.2, 0) is 17.8 Å². The van der Waals surface area contributed by atoms with E-state index in [4.69, 9.17) is 14.2 Å². The molecule has 1 saturated heterocycles. The fourth-order valence-electron chi connectivity index (χ4n) is 4.66. The number of carbonyl (C=O) groups is 2. The normalized spacial score (nSPS) is 16.3. The average Bonchev–Trinajstić information content (AvgIpc) is 2.86. The zero-order valence-corrected chi connectivity index (χ0v) is 18.9. The Balaban J connectivity index is 1.39. The second kappa shape index (κ2) is 9.51. The number of hydrogen-bond donors (Lipinski definition) is 0. The highest BCUT2D eigenvalue weighted by Gasteiger charge is 2.32. The van der Waals surface area contributed by atoms with E-state index in [9.17, 15) is 9.59 Å². The molecule has 170 valence electrons. The van der Waals surface area contributed by atoms with Crippen LogP contribution in [0.15, 0.2) is 36.4 Å². The number of hydrogen-bond acceptors (Lipinski definition) is 5. The molecule has 7 heteroatoms. The molecule has 4 rings (SSSR count). The molecule has 0 saturated carbocycles. The number of fused-ring (bicyclic) bond motifs is 1. The Bertz CT molecular complexity index is 973. The average molecular weight is 439 g/mol. The predicted octanol–water partition coefficient (Wildman–Crippen LogP) is 3.15. The van der Waals surface area contributed by atoms with Crippen LogP contribution >= 0.6 is 0 Å². The molecule has 2 aromatic carbocycles. The number of methoxy groups -OCH3 is 3. The van der Waals surface area contributed by atoms with Crippen molar-refractivity contribution < 1.29 is 23.8 Å². The molecule has 0 spiro atoms. The van der Waals surface area contributed by atoms with Crippen LogP contribution < -0.4 is 14.2 Å². The summed E-state index contributed by atoms with van der Waals surface area (Å²) in [4.78, 5) is 30.0. The summed E-state index contributed by atoms with van der Waals surface area (Å²) in [5, 5.41) is 0. The maximum absolute atomic E-state index is 13.1. The smallest absolute Gasteiger partial charge is 0.254 e. The van der Waals surface area contributed by atoms with Gasteiger partial charge in [-0.25, -0.2) is 0 Å². The summed E-state index contributed by atoms with van der Waals surface area (Å²) in [5.74, 6) is 1.43. The van der Waals surface area contributed by atoms with E-state index in [1.807, 2.05) is 11.0 Å². The second-order valence-electron chi connectivity index (χ2n) is 8.26. The highest BCUT2D eigenvalue weighted by molar-refractivity contribution is 5.96. The minimum absolute atomic E-state index is 0.0377. The lowest BCUT2D eigenvalue weighted by Crippen LogP contribution is -2.45. The van der Waals surface area contributed by atoms with Gasteiger partial charge in [0.2, 0.25) is 11.7 Å². The highest BCUT2D eigenvalue weighted by atomic mass is 16.5. The molecule has 0 aromatic heterocycles. The van der Waals surface area contributed by atoms with Crippen LogP contribution in [0.4, 0.5) is 0 Å². The fraction of sp³-hybridized carbons (Fsp3) is 0.440. The number of rotatable bonds is 5. The predicted molar refractivity (Wildman–Crippen MR) is 120 cm³/mol. The maximum Gasteiger partial charge on any atom is 0.254 e. The Kier molecular flexibility index (Phi) is 6.53. The third kappa shape index (κ3) is 4.24. The van der Waals surface area contributed by atoms with E-state index in [2.05, 4.69) is 18.2 Å². The van der Waals surface area contributed by atoms with Crippen LogP contribution in [0, 0.1) is 5.92 Å². The maximum atomic E-state index is 13.1. The molecule has 2 aliphatic heterocycles. The number of likely N-dealkylation sites (tertiary alicyclic amines) is 1. The quantitative estimate of drug-likeness (QED) is 0.717.